The van der Waals surface area contributed by atoms with E-state index in [1.54, 1.807) is 48.3 Å². The van der Waals surface area contributed by atoms with E-state index in [0.29, 0.717) is 34.8 Å². The first kappa shape index (κ1) is 22.0. The maximum atomic E-state index is 13.1. The number of anilines is 1. The molecular weight excluding hydrogens is 416 g/mol. The Labute approximate surface area is 191 Å². The van der Waals surface area contributed by atoms with E-state index in [1.165, 1.54) is 0 Å². The smallest absolute Gasteiger partial charge is 0.253 e. The number of amides is 3. The van der Waals surface area contributed by atoms with Crippen molar-refractivity contribution in [3.63, 3.8) is 0 Å². The lowest BCUT2D eigenvalue weighted by Gasteiger charge is -2.16. The van der Waals surface area contributed by atoms with E-state index in [2.05, 4.69) is 5.32 Å². The van der Waals surface area contributed by atoms with Crippen LogP contribution in [0.1, 0.15) is 44.7 Å². The number of fused-ring (bicyclic) bond motifs is 1. The van der Waals surface area contributed by atoms with E-state index in [9.17, 15) is 14.4 Å². The SMILES string of the molecule is CCN(C)C(=O)c1ccc2c(c1)NC(=O)C2C(=Nc1ccc(C(N)=O)cc1)c1ccccc1. The van der Waals surface area contributed by atoms with Gasteiger partial charge in [0.2, 0.25) is 11.8 Å². The van der Waals surface area contributed by atoms with Crippen LogP contribution in [0.4, 0.5) is 11.4 Å². The summed E-state index contributed by atoms with van der Waals surface area (Å²) in [6.45, 7) is 2.49. The van der Waals surface area contributed by atoms with Crippen molar-refractivity contribution in [2.24, 2.45) is 10.7 Å². The van der Waals surface area contributed by atoms with Crippen LogP contribution in [0.3, 0.4) is 0 Å². The molecule has 0 aromatic heterocycles. The number of nitrogens with zero attached hydrogens (tertiary/aromatic N) is 2. The van der Waals surface area contributed by atoms with Crippen LogP contribution in [-0.4, -0.2) is 41.9 Å². The Balaban J connectivity index is 1.78. The zero-order valence-electron chi connectivity index (χ0n) is 18.4. The number of primary amides is 1. The number of rotatable bonds is 6. The van der Waals surface area contributed by atoms with Gasteiger partial charge in [0.1, 0.15) is 5.92 Å². The summed E-state index contributed by atoms with van der Waals surface area (Å²) in [4.78, 5) is 43.5. The van der Waals surface area contributed by atoms with Crippen molar-refractivity contribution in [1.29, 1.82) is 0 Å². The molecule has 1 aliphatic heterocycles. The predicted octanol–water partition coefficient (Wildman–Crippen LogP) is 3.73. The topological polar surface area (TPSA) is 105 Å². The van der Waals surface area contributed by atoms with Crippen molar-refractivity contribution >= 4 is 34.8 Å². The second kappa shape index (κ2) is 9.08. The van der Waals surface area contributed by atoms with E-state index in [1.807, 2.05) is 43.3 Å². The molecule has 3 aromatic rings. The maximum absolute atomic E-state index is 13.1. The Morgan fingerprint density at radius 3 is 2.27 bits per heavy atom. The number of nitrogens with two attached hydrogens (primary N) is 1. The third-order valence-corrected chi connectivity index (χ3v) is 5.70. The highest BCUT2D eigenvalue weighted by Gasteiger charge is 2.36. The van der Waals surface area contributed by atoms with Gasteiger partial charge < -0.3 is 16.0 Å². The van der Waals surface area contributed by atoms with Gasteiger partial charge in [0, 0.05) is 30.4 Å². The number of hydrogen-bond acceptors (Lipinski definition) is 4. The molecule has 166 valence electrons. The molecule has 0 saturated heterocycles. The summed E-state index contributed by atoms with van der Waals surface area (Å²) in [5, 5.41) is 2.91. The van der Waals surface area contributed by atoms with E-state index in [0.717, 1.165) is 11.1 Å². The first-order valence-electron chi connectivity index (χ1n) is 10.6. The zero-order chi connectivity index (χ0) is 23.5. The number of hydrogen-bond donors (Lipinski definition) is 2. The minimum Gasteiger partial charge on any atom is -0.366 e. The number of aliphatic imine (C=N–C) groups is 1. The fraction of sp³-hybridized carbons (Fsp3) is 0.154. The lowest BCUT2D eigenvalue weighted by Crippen LogP contribution is -2.26. The highest BCUT2D eigenvalue weighted by Crippen LogP contribution is 2.37. The van der Waals surface area contributed by atoms with Gasteiger partial charge in [-0.15, -0.1) is 0 Å². The molecule has 4 rings (SSSR count). The molecule has 3 N–H and O–H groups in total. The van der Waals surface area contributed by atoms with Crippen molar-refractivity contribution in [2.75, 3.05) is 18.9 Å². The minimum atomic E-state index is -0.647. The summed E-state index contributed by atoms with van der Waals surface area (Å²) in [5.74, 6) is -1.48. The molecular formula is C26H24N4O3. The summed E-state index contributed by atoms with van der Waals surface area (Å²) in [6.07, 6.45) is 0. The first-order valence-corrected chi connectivity index (χ1v) is 10.6. The quantitative estimate of drug-likeness (QED) is 0.571. The van der Waals surface area contributed by atoms with Crippen molar-refractivity contribution in [3.05, 3.63) is 95.1 Å². The van der Waals surface area contributed by atoms with Gasteiger partial charge in [0.15, 0.2) is 0 Å². The summed E-state index contributed by atoms with van der Waals surface area (Å²) in [6, 6.07) is 21.3. The fourth-order valence-electron chi connectivity index (χ4n) is 3.77. The predicted molar refractivity (Wildman–Crippen MR) is 128 cm³/mol. The third-order valence-electron chi connectivity index (χ3n) is 5.70. The normalized spacial score (nSPS) is 15.0. The molecule has 1 aliphatic rings. The molecule has 0 bridgehead atoms. The highest BCUT2D eigenvalue weighted by atomic mass is 16.2. The van der Waals surface area contributed by atoms with Gasteiger partial charge in [-0.25, -0.2) is 0 Å². The monoisotopic (exact) mass is 440 g/mol. The zero-order valence-corrected chi connectivity index (χ0v) is 18.4. The van der Waals surface area contributed by atoms with E-state index in [4.69, 9.17) is 10.7 Å². The molecule has 7 nitrogen and oxygen atoms in total. The molecule has 3 amide bonds. The van der Waals surface area contributed by atoms with Crippen LogP contribution in [0.5, 0.6) is 0 Å². The van der Waals surface area contributed by atoms with Gasteiger partial charge in [-0.2, -0.15) is 0 Å². The number of benzene rings is 3. The molecule has 33 heavy (non-hydrogen) atoms. The van der Waals surface area contributed by atoms with Crippen molar-refractivity contribution < 1.29 is 14.4 Å². The summed E-state index contributed by atoms with van der Waals surface area (Å²) in [5.41, 5.74) is 9.56. The minimum absolute atomic E-state index is 0.107. The van der Waals surface area contributed by atoms with Gasteiger partial charge >= 0.3 is 0 Å². The lowest BCUT2D eigenvalue weighted by atomic mass is 9.90. The molecule has 1 unspecified atom stereocenters. The molecule has 0 saturated carbocycles. The maximum Gasteiger partial charge on any atom is 0.253 e. The van der Waals surface area contributed by atoms with Crippen LogP contribution in [0, 0.1) is 0 Å². The Bertz CT molecular complexity index is 1250. The molecule has 7 heteroatoms. The van der Waals surface area contributed by atoms with E-state index < -0.39 is 11.8 Å². The second-order valence-electron chi connectivity index (χ2n) is 7.82. The average molecular weight is 441 g/mol. The third kappa shape index (κ3) is 4.39. The summed E-state index contributed by atoms with van der Waals surface area (Å²) < 4.78 is 0. The standard InChI is InChI=1S/C26H24N4O3/c1-3-30(2)26(33)18-11-14-20-21(15-18)29-25(32)22(20)23(16-7-5-4-6-8-16)28-19-12-9-17(10-13-19)24(27)31/h4-15,22H,3H2,1-2H3,(H2,27,31)(H,29,32). The van der Waals surface area contributed by atoms with Gasteiger partial charge in [0.05, 0.1) is 11.4 Å². The molecule has 0 spiro atoms. The Morgan fingerprint density at radius 1 is 0.970 bits per heavy atom. The average Bonchev–Trinajstić information content (AvgIpc) is 3.17. The van der Waals surface area contributed by atoms with Gasteiger partial charge in [-0.05, 0) is 54.4 Å². The van der Waals surface area contributed by atoms with Gasteiger partial charge in [-0.1, -0.05) is 36.4 Å². The fourth-order valence-corrected chi connectivity index (χ4v) is 3.77. The first-order chi connectivity index (χ1) is 15.9. The number of carbonyl (C=O) groups is 3. The largest absolute Gasteiger partial charge is 0.366 e. The molecule has 1 heterocycles. The Hall–Kier alpha value is -4.26. The molecule has 0 radical (unpaired) electrons. The Kier molecular flexibility index (Phi) is 6.04. The van der Waals surface area contributed by atoms with Crippen LogP contribution in [0.15, 0.2) is 77.8 Å². The Morgan fingerprint density at radius 2 is 1.64 bits per heavy atom. The van der Waals surface area contributed by atoms with Crippen LogP contribution in [-0.2, 0) is 4.79 Å². The van der Waals surface area contributed by atoms with Crippen molar-refractivity contribution in [2.45, 2.75) is 12.8 Å². The van der Waals surface area contributed by atoms with Gasteiger partial charge in [0.25, 0.3) is 5.91 Å². The van der Waals surface area contributed by atoms with E-state index >= 15 is 0 Å². The van der Waals surface area contributed by atoms with Crippen LogP contribution >= 0.6 is 0 Å². The van der Waals surface area contributed by atoms with E-state index in [-0.39, 0.29) is 11.8 Å². The molecule has 0 aliphatic carbocycles. The number of nitrogens with one attached hydrogen (secondary N) is 1. The molecule has 1 atom stereocenters. The summed E-state index contributed by atoms with van der Waals surface area (Å²) in [7, 11) is 1.74. The highest BCUT2D eigenvalue weighted by molar-refractivity contribution is 6.24. The van der Waals surface area contributed by atoms with Crippen LogP contribution < -0.4 is 11.1 Å². The molecule has 0 fully saturated rings. The second-order valence-corrected chi connectivity index (χ2v) is 7.82. The van der Waals surface area contributed by atoms with Crippen LogP contribution in [0.25, 0.3) is 0 Å². The lowest BCUT2D eigenvalue weighted by molar-refractivity contribution is -0.115. The van der Waals surface area contributed by atoms with Crippen molar-refractivity contribution in [1.82, 2.24) is 4.90 Å². The molecule has 3 aromatic carbocycles. The van der Waals surface area contributed by atoms with Crippen molar-refractivity contribution in [3.8, 4) is 0 Å². The summed E-state index contributed by atoms with van der Waals surface area (Å²) >= 11 is 0. The van der Waals surface area contributed by atoms with Gasteiger partial charge in [-0.3, -0.25) is 19.4 Å². The van der Waals surface area contributed by atoms with Crippen LogP contribution in [0.2, 0.25) is 0 Å². The number of carbonyl (C=O) groups excluding carboxylic acids is 3.